The lowest BCUT2D eigenvalue weighted by atomic mass is 10.3. The summed E-state index contributed by atoms with van der Waals surface area (Å²) < 4.78 is 31.8. The first-order chi connectivity index (χ1) is 8.53. The van der Waals surface area contributed by atoms with Crippen LogP contribution in [0.15, 0.2) is 18.2 Å². The van der Waals surface area contributed by atoms with Crippen molar-refractivity contribution >= 4 is 27.3 Å². The molecule has 1 aromatic rings. The van der Waals surface area contributed by atoms with Gasteiger partial charge in [-0.15, -0.1) is 0 Å². The van der Waals surface area contributed by atoms with E-state index < -0.39 is 15.3 Å². The number of methoxy groups -OCH3 is 1. The first-order valence-corrected chi connectivity index (χ1v) is 7.51. The highest BCUT2D eigenvalue weighted by molar-refractivity contribution is 7.93. The fourth-order valence-electron chi connectivity index (χ4n) is 1.84. The smallest absolute Gasteiger partial charge is 0.236 e. The van der Waals surface area contributed by atoms with Gasteiger partial charge in [-0.05, 0) is 25.1 Å². The lowest BCUT2D eigenvalue weighted by Gasteiger charge is -2.14. The van der Waals surface area contributed by atoms with Gasteiger partial charge in [0.25, 0.3) is 0 Å². The molecule has 0 aliphatic carbocycles. The molecule has 1 aromatic carbocycles. The van der Waals surface area contributed by atoms with E-state index in [1.165, 1.54) is 7.11 Å². The largest absolute Gasteiger partial charge is 0.497 e. The molecule has 5 nitrogen and oxygen atoms in total. The van der Waals surface area contributed by atoms with Gasteiger partial charge in [-0.3, -0.25) is 4.72 Å². The van der Waals surface area contributed by atoms with Crippen LogP contribution < -0.4 is 14.8 Å². The summed E-state index contributed by atoms with van der Waals surface area (Å²) in [5, 5.41) is 2.96. The molecule has 2 rings (SSSR count). The summed E-state index contributed by atoms with van der Waals surface area (Å²) >= 11 is 5.97. The van der Waals surface area contributed by atoms with Crippen molar-refractivity contribution < 1.29 is 13.2 Å². The van der Waals surface area contributed by atoms with Gasteiger partial charge >= 0.3 is 0 Å². The third-order valence-corrected chi connectivity index (χ3v) is 4.99. The first-order valence-electron chi connectivity index (χ1n) is 5.59. The van der Waals surface area contributed by atoms with E-state index in [0.717, 1.165) is 6.54 Å². The van der Waals surface area contributed by atoms with E-state index in [0.29, 0.717) is 29.4 Å². The van der Waals surface area contributed by atoms with Crippen LogP contribution in [0.5, 0.6) is 5.75 Å². The summed E-state index contributed by atoms with van der Waals surface area (Å²) in [5.41, 5.74) is 0.350. The fraction of sp³-hybridized carbons (Fsp3) is 0.455. The predicted octanol–water partition coefficient (Wildman–Crippen LogP) is 1.45. The zero-order valence-electron chi connectivity index (χ0n) is 9.94. The first kappa shape index (κ1) is 13.5. The van der Waals surface area contributed by atoms with Crippen molar-refractivity contribution in [3.8, 4) is 5.75 Å². The molecule has 0 spiro atoms. The van der Waals surface area contributed by atoms with E-state index >= 15 is 0 Å². The van der Waals surface area contributed by atoms with Crippen molar-refractivity contribution in [2.45, 2.75) is 11.7 Å². The predicted molar refractivity (Wildman–Crippen MR) is 71.8 cm³/mol. The Balaban J connectivity index is 2.22. The van der Waals surface area contributed by atoms with Gasteiger partial charge in [-0.25, -0.2) is 8.42 Å². The highest BCUT2D eigenvalue weighted by Crippen LogP contribution is 2.28. The van der Waals surface area contributed by atoms with Crippen LogP contribution in [-0.2, 0) is 10.0 Å². The van der Waals surface area contributed by atoms with Crippen molar-refractivity contribution in [1.29, 1.82) is 0 Å². The average molecular weight is 291 g/mol. The second-order valence-electron chi connectivity index (χ2n) is 4.11. The minimum atomic E-state index is -3.41. The molecule has 7 heteroatoms. The van der Waals surface area contributed by atoms with Gasteiger partial charge in [-0.2, -0.15) is 0 Å². The zero-order chi connectivity index (χ0) is 13.2. The van der Waals surface area contributed by atoms with Crippen LogP contribution in [0.2, 0.25) is 5.02 Å². The Morgan fingerprint density at radius 1 is 1.50 bits per heavy atom. The van der Waals surface area contributed by atoms with Crippen LogP contribution in [-0.4, -0.2) is 33.9 Å². The number of benzene rings is 1. The average Bonchev–Trinajstić information content (AvgIpc) is 2.86. The molecule has 0 saturated carbocycles. The highest BCUT2D eigenvalue weighted by Gasteiger charge is 2.29. The molecular formula is C11H15ClN2O3S. The minimum absolute atomic E-state index is 0.350. The molecule has 2 N–H and O–H groups in total. The normalized spacial score (nSPS) is 19.8. The van der Waals surface area contributed by atoms with Gasteiger partial charge in [0.05, 0.1) is 23.1 Å². The van der Waals surface area contributed by atoms with Gasteiger partial charge in [0.15, 0.2) is 0 Å². The van der Waals surface area contributed by atoms with Crippen LogP contribution in [0.1, 0.15) is 6.42 Å². The second-order valence-corrected chi connectivity index (χ2v) is 6.48. The molecule has 0 bridgehead atoms. The molecule has 1 heterocycles. The van der Waals surface area contributed by atoms with Crippen molar-refractivity contribution in [1.82, 2.24) is 5.32 Å². The summed E-state index contributed by atoms with van der Waals surface area (Å²) in [6.07, 6.45) is 0.608. The number of hydrogen-bond acceptors (Lipinski definition) is 4. The maximum Gasteiger partial charge on any atom is 0.236 e. The van der Waals surface area contributed by atoms with Crippen LogP contribution in [0.25, 0.3) is 0 Å². The number of nitrogens with one attached hydrogen (secondary N) is 2. The SMILES string of the molecule is COc1ccc(Cl)c(NS(=O)(=O)C2CCNC2)c1. The molecule has 1 unspecified atom stereocenters. The molecule has 0 amide bonds. The highest BCUT2D eigenvalue weighted by atomic mass is 35.5. The molecule has 1 aliphatic rings. The third-order valence-electron chi connectivity index (χ3n) is 2.88. The number of halogens is 1. The number of ether oxygens (including phenoxy) is 1. The third kappa shape index (κ3) is 2.88. The number of rotatable bonds is 4. The van der Waals surface area contributed by atoms with Gasteiger partial charge < -0.3 is 10.1 Å². The van der Waals surface area contributed by atoms with Gasteiger partial charge in [0, 0.05) is 12.6 Å². The zero-order valence-corrected chi connectivity index (χ0v) is 11.5. The Hall–Kier alpha value is -0.980. The standard InChI is InChI=1S/C11H15ClN2O3S/c1-17-8-2-3-10(12)11(6-8)14-18(15,16)9-4-5-13-7-9/h2-3,6,9,13-14H,4-5,7H2,1H3. The van der Waals surface area contributed by atoms with Crippen molar-refractivity contribution in [2.75, 3.05) is 24.9 Å². The van der Waals surface area contributed by atoms with Crippen molar-refractivity contribution in [3.05, 3.63) is 23.2 Å². The summed E-state index contributed by atoms with van der Waals surface area (Å²) in [7, 11) is -1.90. The topological polar surface area (TPSA) is 67.4 Å². The van der Waals surface area contributed by atoms with Crippen LogP contribution in [0.4, 0.5) is 5.69 Å². The molecule has 18 heavy (non-hydrogen) atoms. The molecule has 1 aliphatic heterocycles. The Labute approximate surface area is 112 Å². The van der Waals surface area contributed by atoms with Crippen LogP contribution in [0, 0.1) is 0 Å². The van der Waals surface area contributed by atoms with E-state index in [1.54, 1.807) is 18.2 Å². The molecule has 1 saturated heterocycles. The molecule has 0 aromatic heterocycles. The lowest BCUT2D eigenvalue weighted by molar-refractivity contribution is 0.415. The molecule has 0 radical (unpaired) electrons. The molecule has 100 valence electrons. The molecule has 1 atom stereocenters. The lowest BCUT2D eigenvalue weighted by Crippen LogP contribution is -2.29. The van der Waals surface area contributed by atoms with E-state index in [1.807, 2.05) is 0 Å². The Morgan fingerprint density at radius 2 is 2.28 bits per heavy atom. The number of anilines is 1. The van der Waals surface area contributed by atoms with Gasteiger partial charge in [-0.1, -0.05) is 11.6 Å². The Morgan fingerprint density at radius 3 is 2.89 bits per heavy atom. The maximum atomic E-state index is 12.1. The second kappa shape index (κ2) is 5.34. The van der Waals surface area contributed by atoms with Crippen LogP contribution in [0.3, 0.4) is 0 Å². The summed E-state index contributed by atoms with van der Waals surface area (Å²) in [4.78, 5) is 0. The minimum Gasteiger partial charge on any atom is -0.497 e. The monoisotopic (exact) mass is 290 g/mol. The van der Waals surface area contributed by atoms with E-state index in [2.05, 4.69) is 10.0 Å². The molecular weight excluding hydrogens is 276 g/mol. The van der Waals surface area contributed by atoms with E-state index in [-0.39, 0.29) is 0 Å². The fourth-order valence-corrected chi connectivity index (χ4v) is 3.47. The summed E-state index contributed by atoms with van der Waals surface area (Å²) in [6, 6.07) is 4.85. The van der Waals surface area contributed by atoms with Crippen molar-refractivity contribution in [3.63, 3.8) is 0 Å². The Bertz CT molecular complexity index is 527. The Kier molecular flexibility index (Phi) is 3.99. The maximum absolute atomic E-state index is 12.1. The molecule has 1 fully saturated rings. The van der Waals surface area contributed by atoms with Crippen molar-refractivity contribution in [2.24, 2.45) is 0 Å². The quantitative estimate of drug-likeness (QED) is 0.881. The number of hydrogen-bond donors (Lipinski definition) is 2. The number of sulfonamides is 1. The summed E-state index contributed by atoms with van der Waals surface area (Å²) in [6.45, 7) is 1.19. The van der Waals surface area contributed by atoms with Crippen LogP contribution >= 0.6 is 11.6 Å². The van der Waals surface area contributed by atoms with E-state index in [4.69, 9.17) is 16.3 Å². The van der Waals surface area contributed by atoms with E-state index in [9.17, 15) is 8.42 Å². The van der Waals surface area contributed by atoms with Gasteiger partial charge in [0.1, 0.15) is 5.75 Å². The van der Waals surface area contributed by atoms with Gasteiger partial charge in [0.2, 0.25) is 10.0 Å². The summed E-state index contributed by atoms with van der Waals surface area (Å²) in [5.74, 6) is 0.557.